The Bertz CT molecular complexity index is 1690. The first kappa shape index (κ1) is 29.6. The van der Waals surface area contributed by atoms with Crippen LogP contribution < -0.4 is 15.5 Å². The second-order valence-electron chi connectivity index (χ2n) is 12.3. The fraction of sp³-hybridized carbons (Fsp3) is 0.382. The maximum atomic E-state index is 14.0. The minimum Gasteiger partial charge on any atom is -0.368 e. The molecular formula is C34H39N9O3. The van der Waals surface area contributed by atoms with Gasteiger partial charge in [-0.2, -0.15) is 5.10 Å². The molecule has 7 rings (SSSR count). The van der Waals surface area contributed by atoms with Crippen molar-refractivity contribution in [1.82, 2.24) is 35.2 Å². The van der Waals surface area contributed by atoms with E-state index in [1.165, 1.54) is 0 Å². The monoisotopic (exact) mass is 621 g/mol. The second-order valence-corrected chi connectivity index (χ2v) is 12.3. The second kappa shape index (κ2) is 13.1. The Balaban J connectivity index is 0.999. The van der Waals surface area contributed by atoms with E-state index in [0.29, 0.717) is 65.1 Å². The predicted octanol–water partition coefficient (Wildman–Crippen LogP) is 3.48. The molecule has 2 saturated heterocycles. The molecular weight excluding hydrogens is 582 g/mol. The summed E-state index contributed by atoms with van der Waals surface area (Å²) in [6.45, 7) is 4.23. The van der Waals surface area contributed by atoms with Gasteiger partial charge in [0.25, 0.3) is 0 Å². The fourth-order valence-corrected chi connectivity index (χ4v) is 6.87. The molecule has 2 aromatic carbocycles. The highest BCUT2D eigenvalue weighted by atomic mass is 16.2. The highest BCUT2D eigenvalue weighted by molar-refractivity contribution is 5.91. The molecule has 1 atom stereocenters. The fourth-order valence-electron chi connectivity index (χ4n) is 6.87. The lowest BCUT2D eigenvalue weighted by Crippen LogP contribution is -2.58. The Hall–Kier alpha value is -5.13. The van der Waals surface area contributed by atoms with Gasteiger partial charge in [-0.1, -0.05) is 24.3 Å². The lowest BCUT2D eigenvalue weighted by molar-refractivity contribution is -0.133. The topological polar surface area (TPSA) is 130 Å². The zero-order valence-electron chi connectivity index (χ0n) is 25.8. The molecule has 0 spiro atoms. The molecule has 3 aliphatic heterocycles. The van der Waals surface area contributed by atoms with E-state index in [-0.39, 0.29) is 24.0 Å². The molecule has 0 radical (unpaired) electrons. The number of H-pyrrole nitrogens is 1. The molecule has 3 N–H and O–H groups in total. The first-order valence-electron chi connectivity index (χ1n) is 16.1. The first-order chi connectivity index (χ1) is 22.5. The molecule has 12 nitrogen and oxygen atoms in total. The molecule has 5 heterocycles. The van der Waals surface area contributed by atoms with Crippen molar-refractivity contribution in [3.63, 3.8) is 0 Å². The number of anilines is 2. The Kier molecular flexibility index (Phi) is 8.41. The van der Waals surface area contributed by atoms with Gasteiger partial charge >= 0.3 is 12.1 Å². The van der Waals surface area contributed by atoms with Crippen molar-refractivity contribution in [3.05, 3.63) is 84.3 Å². The van der Waals surface area contributed by atoms with E-state index in [9.17, 15) is 14.4 Å². The number of rotatable bonds is 6. The van der Waals surface area contributed by atoms with Crippen molar-refractivity contribution in [3.8, 4) is 0 Å². The molecule has 2 fully saturated rings. The van der Waals surface area contributed by atoms with Crippen LogP contribution in [-0.4, -0.2) is 106 Å². The minimum absolute atomic E-state index is 0.0502. The van der Waals surface area contributed by atoms with Gasteiger partial charge in [0.2, 0.25) is 5.91 Å². The average Bonchev–Trinajstić information content (AvgIpc) is 3.50. The lowest BCUT2D eigenvalue weighted by atomic mass is 10.0. The lowest BCUT2D eigenvalue weighted by Gasteiger charge is -2.39. The SMILES string of the molecule is O=C(NC(Cc1ccc2[nH]ncc2c1)C(=O)N1CCN(c2ccncc2)CC1)N1CCC(N2CCc3ccccc3NC2=O)CC1. The first-order valence-corrected chi connectivity index (χ1v) is 16.1. The summed E-state index contributed by atoms with van der Waals surface area (Å²) in [6.07, 6.45) is 7.86. The number of carbonyl (C=O) groups excluding carboxylic acids is 3. The molecule has 0 saturated carbocycles. The molecule has 3 aliphatic rings. The number of nitrogens with one attached hydrogen (secondary N) is 3. The Morgan fingerprint density at radius 1 is 0.913 bits per heavy atom. The van der Waals surface area contributed by atoms with Gasteiger partial charge in [0.05, 0.1) is 11.7 Å². The molecule has 0 bridgehead atoms. The van der Waals surface area contributed by atoms with Gasteiger partial charge < -0.3 is 30.2 Å². The number of para-hydroxylation sites is 1. The highest BCUT2D eigenvalue weighted by Crippen LogP contribution is 2.25. The molecule has 238 valence electrons. The van der Waals surface area contributed by atoms with Gasteiger partial charge in [-0.25, -0.2) is 9.59 Å². The normalized spacial score (nSPS) is 18.1. The van der Waals surface area contributed by atoms with Crippen LogP contribution in [0.15, 0.2) is 73.2 Å². The Morgan fingerprint density at radius 2 is 1.70 bits per heavy atom. The number of aromatic amines is 1. The molecule has 1 unspecified atom stereocenters. The molecule has 12 heteroatoms. The number of pyridine rings is 1. The summed E-state index contributed by atoms with van der Waals surface area (Å²) >= 11 is 0. The van der Waals surface area contributed by atoms with E-state index in [4.69, 9.17) is 0 Å². The van der Waals surface area contributed by atoms with Crippen LogP contribution in [0.4, 0.5) is 21.0 Å². The van der Waals surface area contributed by atoms with E-state index in [1.807, 2.05) is 58.3 Å². The largest absolute Gasteiger partial charge is 0.368 e. The highest BCUT2D eigenvalue weighted by Gasteiger charge is 2.34. The van der Waals surface area contributed by atoms with Crippen molar-refractivity contribution in [2.75, 3.05) is 56.0 Å². The van der Waals surface area contributed by atoms with Gasteiger partial charge in [0.15, 0.2) is 0 Å². The van der Waals surface area contributed by atoms with Gasteiger partial charge in [-0.15, -0.1) is 0 Å². The third kappa shape index (κ3) is 6.33. The zero-order valence-corrected chi connectivity index (χ0v) is 25.8. The van der Waals surface area contributed by atoms with E-state index in [1.54, 1.807) is 23.5 Å². The number of hydrogen-bond acceptors (Lipinski definition) is 6. The standard InChI is InChI=1S/C34H39N9O3/c44-32(41-19-17-40(18-20-41)27-7-12-35-13-8-27)31(22-24-5-6-30-26(21-24)23-36-39-30)38-33(45)42-14-10-28(11-15-42)43-16-9-25-3-1-2-4-29(25)37-34(43)46/h1-8,12-13,21,23,28,31H,9-11,14-20,22H2,(H,36,39)(H,37,46)(H,38,45). The minimum atomic E-state index is -0.711. The molecule has 4 aromatic rings. The van der Waals surface area contributed by atoms with Crippen molar-refractivity contribution in [1.29, 1.82) is 0 Å². The number of likely N-dealkylation sites (tertiary alicyclic amines) is 1. The summed E-state index contributed by atoms with van der Waals surface area (Å²) in [5.74, 6) is -0.0780. The van der Waals surface area contributed by atoms with Crippen molar-refractivity contribution >= 4 is 40.2 Å². The molecule has 5 amide bonds. The number of piperidine rings is 1. The van der Waals surface area contributed by atoms with Crippen molar-refractivity contribution < 1.29 is 14.4 Å². The van der Waals surface area contributed by atoms with Crippen LogP contribution in [0, 0.1) is 0 Å². The number of hydrogen-bond donors (Lipinski definition) is 3. The number of nitrogens with zero attached hydrogens (tertiary/aromatic N) is 6. The van der Waals surface area contributed by atoms with Gasteiger partial charge in [0.1, 0.15) is 6.04 Å². The van der Waals surface area contributed by atoms with Crippen LogP contribution in [0.5, 0.6) is 0 Å². The number of benzene rings is 2. The van der Waals surface area contributed by atoms with Crippen molar-refractivity contribution in [2.24, 2.45) is 0 Å². The number of amides is 5. The van der Waals surface area contributed by atoms with Crippen LogP contribution in [0.1, 0.15) is 24.0 Å². The van der Waals surface area contributed by atoms with Crippen LogP contribution in [-0.2, 0) is 17.6 Å². The summed E-state index contributed by atoms with van der Waals surface area (Å²) in [6, 6.07) is 16.8. The van der Waals surface area contributed by atoms with E-state index < -0.39 is 6.04 Å². The molecule has 46 heavy (non-hydrogen) atoms. The van der Waals surface area contributed by atoms with E-state index >= 15 is 0 Å². The average molecular weight is 622 g/mol. The Labute approximate surface area is 267 Å². The van der Waals surface area contributed by atoms with Gasteiger partial charge in [-0.3, -0.25) is 14.9 Å². The number of urea groups is 2. The van der Waals surface area contributed by atoms with E-state index in [0.717, 1.165) is 39.8 Å². The third-order valence-electron chi connectivity index (χ3n) is 9.49. The summed E-state index contributed by atoms with van der Waals surface area (Å²) in [4.78, 5) is 52.6. The summed E-state index contributed by atoms with van der Waals surface area (Å²) in [5, 5.41) is 14.2. The van der Waals surface area contributed by atoms with Crippen molar-refractivity contribution in [2.45, 2.75) is 37.8 Å². The number of carbonyl (C=O) groups is 3. The smallest absolute Gasteiger partial charge is 0.322 e. The van der Waals surface area contributed by atoms with Crippen LogP contribution >= 0.6 is 0 Å². The number of piperazine rings is 1. The number of aromatic nitrogens is 3. The zero-order chi connectivity index (χ0) is 31.5. The summed E-state index contributed by atoms with van der Waals surface area (Å²) in [5.41, 5.74) is 4.97. The van der Waals surface area contributed by atoms with Crippen LogP contribution in [0.2, 0.25) is 0 Å². The van der Waals surface area contributed by atoms with Crippen LogP contribution in [0.3, 0.4) is 0 Å². The third-order valence-corrected chi connectivity index (χ3v) is 9.49. The van der Waals surface area contributed by atoms with Gasteiger partial charge in [-0.05, 0) is 60.7 Å². The quantitative estimate of drug-likeness (QED) is 0.302. The summed E-state index contributed by atoms with van der Waals surface area (Å²) in [7, 11) is 0. The van der Waals surface area contributed by atoms with Crippen LogP contribution in [0.25, 0.3) is 10.9 Å². The summed E-state index contributed by atoms with van der Waals surface area (Å²) < 4.78 is 0. The Morgan fingerprint density at radius 3 is 2.50 bits per heavy atom. The molecule has 0 aliphatic carbocycles. The predicted molar refractivity (Wildman–Crippen MR) is 176 cm³/mol. The molecule has 2 aromatic heterocycles. The van der Waals surface area contributed by atoms with E-state index in [2.05, 4.69) is 36.8 Å². The maximum absolute atomic E-state index is 14.0. The number of fused-ring (bicyclic) bond motifs is 2. The maximum Gasteiger partial charge on any atom is 0.322 e. The van der Waals surface area contributed by atoms with Gasteiger partial charge in [0, 0.05) is 87.4 Å².